The van der Waals surface area contributed by atoms with Crippen LogP contribution in [0.3, 0.4) is 0 Å². The van der Waals surface area contributed by atoms with Gasteiger partial charge in [0.25, 0.3) is 0 Å². The molecule has 0 saturated heterocycles. The predicted octanol–water partition coefficient (Wildman–Crippen LogP) is 2.26. The molecule has 0 heterocycles. The summed E-state index contributed by atoms with van der Waals surface area (Å²) in [7, 11) is -3.59. The number of rotatable bonds is 8. The van der Waals surface area contributed by atoms with Crippen LogP contribution in [0.4, 0.5) is 0 Å². The van der Waals surface area contributed by atoms with Crippen molar-refractivity contribution >= 4 is 13.8 Å². The molecule has 16 heavy (non-hydrogen) atoms. The Morgan fingerprint density at radius 2 is 1.69 bits per heavy atom. The van der Waals surface area contributed by atoms with E-state index >= 15 is 0 Å². The Bertz CT molecular complexity index is 265. The van der Waals surface area contributed by atoms with Crippen molar-refractivity contribution in [3.63, 3.8) is 0 Å². The molecule has 7 heteroatoms. The maximum absolute atomic E-state index is 11.7. The lowest BCUT2D eigenvalue weighted by Crippen LogP contribution is -2.00. The molecule has 0 aromatic rings. The average molecular weight is 252 g/mol. The molecule has 0 atom stereocenters. The van der Waals surface area contributed by atoms with Crippen LogP contribution in [0.5, 0.6) is 0 Å². The summed E-state index contributed by atoms with van der Waals surface area (Å²) in [5.41, 5.74) is 0. The van der Waals surface area contributed by atoms with Crippen LogP contribution < -0.4 is 0 Å². The quantitative estimate of drug-likeness (QED) is 0.285. The van der Waals surface area contributed by atoms with Crippen molar-refractivity contribution < 1.29 is 27.7 Å². The van der Waals surface area contributed by atoms with Gasteiger partial charge in [-0.25, -0.2) is 9.36 Å². The van der Waals surface area contributed by atoms with E-state index in [0.29, 0.717) is 0 Å². The summed E-state index contributed by atoms with van der Waals surface area (Å²) in [4.78, 5) is 10.9. The van der Waals surface area contributed by atoms with Gasteiger partial charge in [0.1, 0.15) is 6.26 Å². The molecule has 0 aliphatic carbocycles. The Morgan fingerprint density at radius 3 is 2.12 bits per heavy atom. The van der Waals surface area contributed by atoms with E-state index in [1.165, 1.54) is 0 Å². The number of ether oxygens (including phenoxy) is 1. The summed E-state index contributed by atoms with van der Waals surface area (Å²) in [6.07, 6.45) is 1.96. The lowest BCUT2D eigenvalue weighted by molar-refractivity contribution is -0.137. The molecule has 0 aromatic carbocycles. The topological polar surface area (TPSA) is 71.1 Å². The lowest BCUT2D eigenvalue weighted by atomic mass is 10.6. The van der Waals surface area contributed by atoms with Gasteiger partial charge < -0.3 is 9.26 Å². The van der Waals surface area contributed by atoms with Crippen LogP contribution in [0.15, 0.2) is 12.3 Å². The first-order valence-electron chi connectivity index (χ1n) is 4.98. The number of carbonyl (C=O) groups is 1. The SMILES string of the molecule is CCOC(=O)C=COP(=O)(OCC)OCC. The van der Waals surface area contributed by atoms with Crippen molar-refractivity contribution in [2.45, 2.75) is 20.8 Å². The molecule has 0 amide bonds. The first kappa shape index (κ1) is 15.2. The molecule has 0 unspecified atom stereocenters. The molecule has 6 nitrogen and oxygen atoms in total. The van der Waals surface area contributed by atoms with E-state index in [0.717, 1.165) is 12.3 Å². The molecule has 0 saturated carbocycles. The lowest BCUT2D eigenvalue weighted by Gasteiger charge is -2.13. The van der Waals surface area contributed by atoms with Crippen molar-refractivity contribution in [1.29, 1.82) is 0 Å². The predicted molar refractivity (Wildman–Crippen MR) is 57.7 cm³/mol. The first-order chi connectivity index (χ1) is 7.58. The van der Waals surface area contributed by atoms with Crippen LogP contribution in [-0.4, -0.2) is 25.8 Å². The molecular weight excluding hydrogens is 235 g/mol. The highest BCUT2D eigenvalue weighted by Crippen LogP contribution is 2.49. The molecule has 0 radical (unpaired) electrons. The highest BCUT2D eigenvalue weighted by molar-refractivity contribution is 7.48. The van der Waals surface area contributed by atoms with Gasteiger partial charge in [0.05, 0.1) is 25.9 Å². The number of esters is 1. The zero-order chi connectivity index (χ0) is 12.4. The first-order valence-corrected chi connectivity index (χ1v) is 6.44. The minimum absolute atomic E-state index is 0.185. The van der Waals surface area contributed by atoms with Crippen molar-refractivity contribution in [2.75, 3.05) is 19.8 Å². The summed E-state index contributed by atoms with van der Waals surface area (Å²) >= 11 is 0. The Labute approximate surface area is 95.1 Å². The molecule has 0 N–H and O–H groups in total. The Morgan fingerprint density at radius 1 is 1.12 bits per heavy atom. The summed E-state index contributed by atoms with van der Waals surface area (Å²) in [5, 5.41) is 0. The maximum Gasteiger partial charge on any atom is 0.529 e. The summed E-state index contributed by atoms with van der Waals surface area (Å²) in [6.45, 7) is 5.62. The number of phosphoric acid groups is 1. The summed E-state index contributed by atoms with van der Waals surface area (Å²) in [6, 6.07) is 0. The molecular formula is C9H17O6P. The zero-order valence-corrected chi connectivity index (χ0v) is 10.6. The molecule has 94 valence electrons. The summed E-state index contributed by atoms with van der Waals surface area (Å²) < 4.78 is 30.7. The molecule has 0 spiro atoms. The normalized spacial score (nSPS) is 11.7. The second-order valence-corrected chi connectivity index (χ2v) is 4.06. The third kappa shape index (κ3) is 6.61. The second kappa shape index (κ2) is 8.33. The van der Waals surface area contributed by atoms with Crippen LogP contribution in [0.25, 0.3) is 0 Å². The summed E-state index contributed by atoms with van der Waals surface area (Å²) in [5.74, 6) is -0.581. The second-order valence-electron chi connectivity index (χ2n) is 2.44. The number of carbonyl (C=O) groups excluding carboxylic acids is 1. The van der Waals surface area contributed by atoms with Crippen molar-refractivity contribution in [3.8, 4) is 0 Å². The zero-order valence-electron chi connectivity index (χ0n) is 9.67. The van der Waals surface area contributed by atoms with E-state index in [9.17, 15) is 9.36 Å². The van der Waals surface area contributed by atoms with Crippen LogP contribution in [0.2, 0.25) is 0 Å². The molecule has 0 rings (SSSR count). The molecule has 0 aliphatic rings. The largest absolute Gasteiger partial charge is 0.529 e. The third-order valence-electron chi connectivity index (χ3n) is 1.26. The van der Waals surface area contributed by atoms with Gasteiger partial charge in [0, 0.05) is 0 Å². The van der Waals surface area contributed by atoms with E-state index in [-0.39, 0.29) is 19.8 Å². The fourth-order valence-electron chi connectivity index (χ4n) is 0.765. The molecule has 0 fully saturated rings. The standard InChI is InChI=1S/C9H17O6P/c1-4-12-9(10)7-8-15-16(11,13-5-2)14-6-3/h7-8H,4-6H2,1-3H3. The van der Waals surface area contributed by atoms with Gasteiger partial charge in [-0.3, -0.25) is 9.05 Å². The van der Waals surface area contributed by atoms with Crippen molar-refractivity contribution in [3.05, 3.63) is 12.3 Å². The van der Waals surface area contributed by atoms with Crippen LogP contribution >= 0.6 is 7.82 Å². The fourth-order valence-corrected chi connectivity index (χ4v) is 1.80. The van der Waals surface area contributed by atoms with Crippen LogP contribution in [0.1, 0.15) is 20.8 Å². The van der Waals surface area contributed by atoms with Gasteiger partial charge in [-0.05, 0) is 20.8 Å². The highest BCUT2D eigenvalue weighted by Gasteiger charge is 2.25. The van der Waals surface area contributed by atoms with Crippen molar-refractivity contribution in [2.24, 2.45) is 0 Å². The van der Waals surface area contributed by atoms with Crippen molar-refractivity contribution in [1.82, 2.24) is 0 Å². The molecule has 0 aliphatic heterocycles. The Kier molecular flexibility index (Phi) is 7.89. The minimum Gasteiger partial charge on any atom is -0.463 e. The third-order valence-corrected chi connectivity index (χ3v) is 2.78. The monoisotopic (exact) mass is 252 g/mol. The highest BCUT2D eigenvalue weighted by atomic mass is 31.2. The van der Waals surface area contributed by atoms with E-state index < -0.39 is 13.8 Å². The van der Waals surface area contributed by atoms with Crippen LogP contribution in [0, 0.1) is 0 Å². The van der Waals surface area contributed by atoms with Crippen LogP contribution in [-0.2, 0) is 27.7 Å². The van der Waals surface area contributed by atoms with Gasteiger partial charge in [-0.1, -0.05) is 0 Å². The fraction of sp³-hybridized carbons (Fsp3) is 0.667. The smallest absolute Gasteiger partial charge is 0.463 e. The van der Waals surface area contributed by atoms with E-state index in [2.05, 4.69) is 4.74 Å². The number of hydrogen-bond donors (Lipinski definition) is 0. The average Bonchev–Trinajstić information content (AvgIpc) is 2.18. The Hall–Kier alpha value is -0.840. The van der Waals surface area contributed by atoms with E-state index in [1.807, 2.05) is 0 Å². The van der Waals surface area contributed by atoms with Gasteiger partial charge in [0.2, 0.25) is 0 Å². The minimum atomic E-state index is -3.59. The van der Waals surface area contributed by atoms with Gasteiger partial charge in [0.15, 0.2) is 0 Å². The molecule has 0 aromatic heterocycles. The molecule has 0 bridgehead atoms. The maximum atomic E-state index is 11.7. The number of hydrogen-bond acceptors (Lipinski definition) is 6. The van der Waals surface area contributed by atoms with E-state index in [4.69, 9.17) is 13.6 Å². The Balaban J connectivity index is 4.21. The van der Waals surface area contributed by atoms with Gasteiger partial charge >= 0.3 is 13.8 Å². The number of phosphoric ester groups is 1. The van der Waals surface area contributed by atoms with E-state index in [1.54, 1.807) is 20.8 Å². The van der Waals surface area contributed by atoms with Gasteiger partial charge in [-0.2, -0.15) is 0 Å². The van der Waals surface area contributed by atoms with Gasteiger partial charge in [-0.15, -0.1) is 0 Å².